The van der Waals surface area contributed by atoms with Crippen molar-refractivity contribution in [1.29, 1.82) is 0 Å². The molecule has 1 aromatic carbocycles. The van der Waals surface area contributed by atoms with Gasteiger partial charge in [-0.25, -0.2) is 4.98 Å². The molecule has 0 bridgehead atoms. The van der Waals surface area contributed by atoms with E-state index in [-0.39, 0.29) is 35.6 Å². The second kappa shape index (κ2) is 7.28. The third-order valence-electron chi connectivity index (χ3n) is 5.47. The first kappa shape index (κ1) is 18.5. The van der Waals surface area contributed by atoms with E-state index in [1.54, 1.807) is 6.08 Å². The quantitative estimate of drug-likeness (QED) is 0.569. The summed E-state index contributed by atoms with van der Waals surface area (Å²) in [5.41, 5.74) is 7.23. The lowest BCUT2D eigenvalue weighted by Crippen LogP contribution is -2.27. The Morgan fingerprint density at radius 2 is 2.00 bits per heavy atom. The molecule has 5 atom stereocenters. The molecular formula is C19H20Cl2N4O2. The first-order valence-electron chi connectivity index (χ1n) is 8.80. The van der Waals surface area contributed by atoms with Crippen LogP contribution in [0, 0.1) is 17.8 Å². The Kier molecular flexibility index (Phi) is 4.99. The third-order valence-corrected chi connectivity index (χ3v) is 6.10. The molecule has 2 aromatic rings. The van der Waals surface area contributed by atoms with Crippen molar-refractivity contribution >= 4 is 47.1 Å². The van der Waals surface area contributed by atoms with Crippen LogP contribution in [-0.4, -0.2) is 38.9 Å². The van der Waals surface area contributed by atoms with Gasteiger partial charge < -0.3 is 21.3 Å². The number of hydrogen-bond donors (Lipinski definition) is 4. The third kappa shape index (κ3) is 3.50. The molecule has 2 saturated carbocycles. The Morgan fingerprint density at radius 3 is 2.67 bits per heavy atom. The van der Waals surface area contributed by atoms with E-state index >= 15 is 0 Å². The summed E-state index contributed by atoms with van der Waals surface area (Å²) in [6.07, 6.45) is 3.93. The number of nitrogens with two attached hydrogens (primary N) is 1. The van der Waals surface area contributed by atoms with E-state index < -0.39 is 6.10 Å². The SMILES string of the molecule is Nc1nc(Cl)c(/C=C/c2ccccc2Cl)c(NC2C3C[C@H](CO)[C@@H](O)C32)n1. The number of nitrogens with one attached hydrogen (secondary N) is 1. The average Bonchev–Trinajstić information content (AvgIpc) is 3.19. The number of fused-ring (bicyclic) bond motifs is 1. The number of aromatic nitrogens is 2. The zero-order chi connectivity index (χ0) is 19.1. The number of hydrogen-bond acceptors (Lipinski definition) is 6. The van der Waals surface area contributed by atoms with E-state index in [9.17, 15) is 10.2 Å². The fourth-order valence-corrected chi connectivity index (χ4v) is 4.45. The van der Waals surface area contributed by atoms with Crippen LogP contribution in [0.25, 0.3) is 12.2 Å². The molecule has 3 unspecified atom stereocenters. The normalized spacial score (nSPS) is 29.1. The van der Waals surface area contributed by atoms with Gasteiger partial charge in [-0.1, -0.05) is 47.5 Å². The van der Waals surface area contributed by atoms with Gasteiger partial charge in [0, 0.05) is 29.5 Å². The fourth-order valence-electron chi connectivity index (χ4n) is 4.02. The van der Waals surface area contributed by atoms with Crippen LogP contribution in [0.2, 0.25) is 10.2 Å². The maximum Gasteiger partial charge on any atom is 0.223 e. The molecule has 0 aliphatic heterocycles. The highest BCUT2D eigenvalue weighted by Crippen LogP contribution is 2.55. The summed E-state index contributed by atoms with van der Waals surface area (Å²) >= 11 is 12.5. The van der Waals surface area contributed by atoms with Crippen LogP contribution in [0.3, 0.4) is 0 Å². The lowest BCUT2D eigenvalue weighted by molar-refractivity contribution is 0.0690. The molecule has 4 rings (SSSR count). The van der Waals surface area contributed by atoms with E-state index in [0.29, 0.717) is 22.3 Å². The molecule has 1 aromatic heterocycles. The minimum Gasteiger partial charge on any atom is -0.396 e. The molecule has 2 aliphatic rings. The number of benzene rings is 1. The van der Waals surface area contributed by atoms with Crippen LogP contribution in [0.1, 0.15) is 17.5 Å². The van der Waals surface area contributed by atoms with Crippen molar-refractivity contribution < 1.29 is 10.2 Å². The van der Waals surface area contributed by atoms with Crippen molar-refractivity contribution in [3.63, 3.8) is 0 Å². The summed E-state index contributed by atoms with van der Waals surface area (Å²) in [4.78, 5) is 8.33. The molecule has 27 heavy (non-hydrogen) atoms. The van der Waals surface area contributed by atoms with Gasteiger partial charge in [0.1, 0.15) is 11.0 Å². The van der Waals surface area contributed by atoms with Gasteiger partial charge >= 0.3 is 0 Å². The van der Waals surface area contributed by atoms with Gasteiger partial charge in [-0.2, -0.15) is 4.98 Å². The van der Waals surface area contributed by atoms with Crippen LogP contribution in [-0.2, 0) is 0 Å². The smallest absolute Gasteiger partial charge is 0.223 e. The molecular weight excluding hydrogens is 387 g/mol. The van der Waals surface area contributed by atoms with Crippen molar-refractivity contribution in [2.75, 3.05) is 17.7 Å². The Morgan fingerprint density at radius 1 is 1.22 bits per heavy atom. The Balaban J connectivity index is 1.58. The Bertz CT molecular complexity index is 892. The molecule has 1 heterocycles. The largest absolute Gasteiger partial charge is 0.396 e. The zero-order valence-electron chi connectivity index (χ0n) is 14.4. The highest BCUT2D eigenvalue weighted by Gasteiger charge is 2.61. The maximum absolute atomic E-state index is 10.3. The minimum atomic E-state index is -0.505. The van der Waals surface area contributed by atoms with Gasteiger partial charge in [-0.3, -0.25) is 0 Å². The van der Waals surface area contributed by atoms with Gasteiger partial charge in [0.25, 0.3) is 0 Å². The van der Waals surface area contributed by atoms with Crippen LogP contribution in [0.15, 0.2) is 24.3 Å². The monoisotopic (exact) mass is 406 g/mol. The molecule has 0 amide bonds. The van der Waals surface area contributed by atoms with Crippen LogP contribution < -0.4 is 11.1 Å². The maximum atomic E-state index is 10.3. The van der Waals surface area contributed by atoms with E-state index in [0.717, 1.165) is 12.0 Å². The molecule has 2 fully saturated rings. The highest BCUT2D eigenvalue weighted by molar-refractivity contribution is 6.32. The Labute approximate surface area is 167 Å². The van der Waals surface area contributed by atoms with Gasteiger partial charge in [-0.05, 0) is 30.0 Å². The molecule has 0 saturated heterocycles. The van der Waals surface area contributed by atoms with Gasteiger partial charge in [0.05, 0.1) is 11.7 Å². The lowest BCUT2D eigenvalue weighted by atomic mass is 10.0. The first-order chi connectivity index (χ1) is 13.0. The highest BCUT2D eigenvalue weighted by atomic mass is 35.5. The van der Waals surface area contributed by atoms with E-state index in [1.165, 1.54) is 0 Å². The summed E-state index contributed by atoms with van der Waals surface area (Å²) < 4.78 is 0. The van der Waals surface area contributed by atoms with Crippen molar-refractivity contribution in [3.05, 3.63) is 45.6 Å². The van der Waals surface area contributed by atoms with E-state index in [2.05, 4.69) is 15.3 Å². The van der Waals surface area contributed by atoms with Gasteiger partial charge in [-0.15, -0.1) is 0 Å². The summed E-state index contributed by atoms with van der Waals surface area (Å²) in [6.45, 7) is 0.0129. The predicted octanol–water partition coefficient (Wildman–Crippen LogP) is 2.94. The topological polar surface area (TPSA) is 104 Å². The van der Waals surface area contributed by atoms with Crippen LogP contribution in [0.4, 0.5) is 11.8 Å². The van der Waals surface area contributed by atoms with Crippen molar-refractivity contribution in [1.82, 2.24) is 9.97 Å². The molecule has 5 N–H and O–H groups in total. The second-order valence-electron chi connectivity index (χ2n) is 7.07. The van der Waals surface area contributed by atoms with Crippen molar-refractivity contribution in [3.8, 4) is 0 Å². The molecule has 142 valence electrons. The number of anilines is 2. The number of nitrogen functional groups attached to an aromatic ring is 1. The molecule has 8 heteroatoms. The summed E-state index contributed by atoms with van der Waals surface area (Å²) in [6, 6.07) is 7.56. The fraction of sp³-hybridized carbons (Fsp3) is 0.368. The summed E-state index contributed by atoms with van der Waals surface area (Å²) in [7, 11) is 0. The molecule has 0 radical (unpaired) electrons. The predicted molar refractivity (Wildman–Crippen MR) is 107 cm³/mol. The first-order valence-corrected chi connectivity index (χ1v) is 9.56. The number of aliphatic hydroxyl groups is 2. The van der Waals surface area contributed by atoms with Gasteiger partial charge in [0.15, 0.2) is 0 Å². The van der Waals surface area contributed by atoms with Crippen molar-refractivity contribution in [2.24, 2.45) is 17.8 Å². The number of aliphatic hydroxyl groups excluding tert-OH is 2. The Hall–Kier alpha value is -1.86. The number of nitrogens with zero attached hydrogens (tertiary/aromatic N) is 2. The molecule has 0 spiro atoms. The van der Waals surface area contributed by atoms with Crippen LogP contribution >= 0.6 is 23.2 Å². The lowest BCUT2D eigenvalue weighted by Gasteiger charge is -2.19. The summed E-state index contributed by atoms with van der Waals surface area (Å²) in [5, 5.41) is 23.8. The molecule has 2 aliphatic carbocycles. The zero-order valence-corrected chi connectivity index (χ0v) is 15.9. The summed E-state index contributed by atoms with van der Waals surface area (Å²) in [5.74, 6) is 0.988. The average molecular weight is 407 g/mol. The number of halogens is 2. The van der Waals surface area contributed by atoms with Crippen molar-refractivity contribution in [2.45, 2.75) is 18.6 Å². The van der Waals surface area contributed by atoms with Gasteiger partial charge in [0.2, 0.25) is 5.95 Å². The molecule has 6 nitrogen and oxygen atoms in total. The minimum absolute atomic E-state index is 0.0129. The number of rotatable bonds is 5. The van der Waals surface area contributed by atoms with E-state index in [1.807, 2.05) is 30.3 Å². The second-order valence-corrected chi connectivity index (χ2v) is 7.84. The van der Waals surface area contributed by atoms with E-state index in [4.69, 9.17) is 28.9 Å². The standard InChI is InChI=1S/C19H20Cl2N4O2/c20-13-4-2-1-3-9(13)5-6-11-17(21)24-19(22)25-18(11)23-15-12-7-10(8-26)16(27)14(12)15/h1-6,10,12,14-16,26-27H,7-8H2,(H3,22,23,24,25)/b6-5+/t10-,12?,14?,15?,16-/m1/s1. The van der Waals surface area contributed by atoms with Crippen LogP contribution in [0.5, 0.6) is 0 Å².